The molecule has 1 aromatic carbocycles. The Morgan fingerprint density at radius 1 is 1.50 bits per heavy atom. The zero-order valence-corrected chi connectivity index (χ0v) is 9.74. The molecule has 0 aliphatic carbocycles. The van der Waals surface area contributed by atoms with Crippen molar-refractivity contribution < 1.29 is 14.6 Å². The minimum atomic E-state index is -0.00740. The average Bonchev–Trinajstić information content (AvgIpc) is 2.33. The van der Waals surface area contributed by atoms with Gasteiger partial charge in [0, 0.05) is 6.61 Å². The topological polar surface area (TPSA) is 38.7 Å². The van der Waals surface area contributed by atoms with E-state index in [2.05, 4.69) is 0 Å². The quantitative estimate of drug-likeness (QED) is 0.885. The summed E-state index contributed by atoms with van der Waals surface area (Å²) < 4.78 is 11.1. The molecule has 0 spiro atoms. The van der Waals surface area contributed by atoms with Gasteiger partial charge in [0.2, 0.25) is 0 Å². The first-order chi connectivity index (χ1) is 7.79. The first-order valence-electron chi connectivity index (χ1n) is 5.43. The van der Waals surface area contributed by atoms with Crippen LogP contribution in [-0.4, -0.2) is 24.4 Å². The Bertz CT molecular complexity index is 348. The maximum atomic E-state index is 8.95. The van der Waals surface area contributed by atoms with E-state index in [1.807, 2.05) is 6.07 Å². The highest BCUT2D eigenvalue weighted by Gasteiger charge is 2.16. The van der Waals surface area contributed by atoms with Gasteiger partial charge in [-0.1, -0.05) is 17.7 Å². The third-order valence-electron chi connectivity index (χ3n) is 2.59. The lowest BCUT2D eigenvalue weighted by Crippen LogP contribution is -2.28. The maximum Gasteiger partial charge on any atom is 0.138 e. The second-order valence-electron chi connectivity index (χ2n) is 3.88. The molecule has 1 aromatic rings. The van der Waals surface area contributed by atoms with Gasteiger partial charge in [0.25, 0.3) is 0 Å². The zero-order chi connectivity index (χ0) is 11.4. The number of aliphatic hydroxyl groups is 1. The van der Waals surface area contributed by atoms with Crippen LogP contribution in [0.5, 0.6) is 5.75 Å². The molecule has 1 aliphatic heterocycles. The van der Waals surface area contributed by atoms with E-state index >= 15 is 0 Å². The van der Waals surface area contributed by atoms with Crippen molar-refractivity contribution >= 4 is 11.6 Å². The highest BCUT2D eigenvalue weighted by atomic mass is 35.5. The van der Waals surface area contributed by atoms with E-state index in [-0.39, 0.29) is 12.7 Å². The summed E-state index contributed by atoms with van der Waals surface area (Å²) >= 11 is 6.05. The fourth-order valence-corrected chi connectivity index (χ4v) is 1.97. The summed E-state index contributed by atoms with van der Waals surface area (Å²) in [7, 11) is 0. The molecule has 3 nitrogen and oxygen atoms in total. The summed E-state index contributed by atoms with van der Waals surface area (Å²) in [4.78, 5) is 0. The van der Waals surface area contributed by atoms with Crippen LogP contribution in [0.4, 0.5) is 0 Å². The van der Waals surface area contributed by atoms with Crippen molar-refractivity contribution in [2.75, 3.05) is 13.2 Å². The second-order valence-corrected chi connectivity index (χ2v) is 4.29. The molecule has 1 saturated heterocycles. The van der Waals surface area contributed by atoms with Crippen LogP contribution in [-0.2, 0) is 11.3 Å². The van der Waals surface area contributed by atoms with Gasteiger partial charge in [-0.25, -0.2) is 0 Å². The molecule has 0 amide bonds. The summed E-state index contributed by atoms with van der Waals surface area (Å²) in [5, 5.41) is 9.49. The minimum absolute atomic E-state index is 0.00740. The molecule has 1 atom stereocenters. The number of ether oxygens (including phenoxy) is 2. The van der Waals surface area contributed by atoms with Crippen molar-refractivity contribution in [3.05, 3.63) is 28.8 Å². The first kappa shape index (κ1) is 11.7. The zero-order valence-electron chi connectivity index (χ0n) is 8.99. The molecule has 0 aromatic heterocycles. The Hall–Kier alpha value is -0.770. The van der Waals surface area contributed by atoms with Gasteiger partial charge in [0.05, 0.1) is 18.2 Å². The molecule has 2 rings (SSSR count). The van der Waals surface area contributed by atoms with Gasteiger partial charge in [-0.3, -0.25) is 0 Å². The number of aliphatic hydroxyl groups excluding tert-OH is 1. The number of hydrogen-bond donors (Lipinski definition) is 1. The maximum absolute atomic E-state index is 8.95. The Morgan fingerprint density at radius 2 is 2.38 bits per heavy atom. The molecule has 88 valence electrons. The van der Waals surface area contributed by atoms with Gasteiger partial charge in [-0.15, -0.1) is 0 Å². The monoisotopic (exact) mass is 242 g/mol. The fourth-order valence-electron chi connectivity index (χ4n) is 1.72. The molecule has 4 heteroatoms. The Morgan fingerprint density at radius 3 is 3.00 bits per heavy atom. The van der Waals surface area contributed by atoms with Crippen LogP contribution in [0, 0.1) is 0 Å². The first-order valence-corrected chi connectivity index (χ1v) is 5.81. The van der Waals surface area contributed by atoms with E-state index < -0.39 is 0 Å². The number of halogens is 1. The lowest BCUT2D eigenvalue weighted by molar-refractivity contribution is 0.00746. The molecule has 1 heterocycles. The summed E-state index contributed by atoms with van der Waals surface area (Å²) in [6.07, 6.45) is 2.11. The van der Waals surface area contributed by atoms with Gasteiger partial charge < -0.3 is 14.6 Å². The van der Waals surface area contributed by atoms with Gasteiger partial charge in [0.1, 0.15) is 11.9 Å². The van der Waals surface area contributed by atoms with Crippen molar-refractivity contribution in [1.29, 1.82) is 0 Å². The highest BCUT2D eigenvalue weighted by Crippen LogP contribution is 2.27. The normalized spacial score (nSPS) is 20.8. The molecule has 1 aliphatic rings. The predicted octanol–water partition coefficient (Wildman–Crippen LogP) is 2.39. The average molecular weight is 243 g/mol. The van der Waals surface area contributed by atoms with Crippen LogP contribution in [0.15, 0.2) is 18.2 Å². The van der Waals surface area contributed by atoms with Gasteiger partial charge in [-0.05, 0) is 30.5 Å². The molecule has 1 unspecified atom stereocenters. The third kappa shape index (κ3) is 2.88. The minimum Gasteiger partial charge on any atom is -0.486 e. The number of rotatable bonds is 3. The van der Waals surface area contributed by atoms with Crippen LogP contribution < -0.4 is 4.74 Å². The SMILES string of the molecule is OCc1ccc(OC2CCCOC2)c(Cl)c1. The smallest absolute Gasteiger partial charge is 0.138 e. The standard InChI is InChI=1S/C12H15ClO3/c13-11-6-9(7-14)3-4-12(11)16-10-2-1-5-15-8-10/h3-4,6,10,14H,1-2,5,7-8H2. The van der Waals surface area contributed by atoms with Crippen molar-refractivity contribution in [3.63, 3.8) is 0 Å². The van der Waals surface area contributed by atoms with Crippen molar-refractivity contribution in [1.82, 2.24) is 0 Å². The lowest BCUT2D eigenvalue weighted by atomic mass is 10.1. The van der Waals surface area contributed by atoms with Crippen LogP contribution in [0.1, 0.15) is 18.4 Å². The van der Waals surface area contributed by atoms with Crippen LogP contribution in [0.2, 0.25) is 5.02 Å². The van der Waals surface area contributed by atoms with E-state index in [0.717, 1.165) is 25.0 Å². The fraction of sp³-hybridized carbons (Fsp3) is 0.500. The molecular weight excluding hydrogens is 228 g/mol. The number of benzene rings is 1. The van der Waals surface area contributed by atoms with Crippen molar-refractivity contribution in [3.8, 4) is 5.75 Å². The summed E-state index contributed by atoms with van der Waals surface area (Å²) in [5.74, 6) is 0.661. The second kappa shape index (κ2) is 5.53. The van der Waals surface area contributed by atoms with E-state index in [9.17, 15) is 0 Å². The molecule has 1 N–H and O–H groups in total. The van der Waals surface area contributed by atoms with E-state index in [1.54, 1.807) is 12.1 Å². The number of hydrogen-bond acceptors (Lipinski definition) is 3. The van der Waals surface area contributed by atoms with Gasteiger partial charge >= 0.3 is 0 Å². The Kier molecular flexibility index (Phi) is 4.04. The summed E-state index contributed by atoms with van der Waals surface area (Å²) in [6.45, 7) is 1.43. The van der Waals surface area contributed by atoms with Crippen LogP contribution in [0.25, 0.3) is 0 Å². The van der Waals surface area contributed by atoms with Crippen LogP contribution >= 0.6 is 11.6 Å². The largest absolute Gasteiger partial charge is 0.486 e. The molecule has 16 heavy (non-hydrogen) atoms. The molecule has 0 saturated carbocycles. The van der Waals surface area contributed by atoms with E-state index in [1.165, 1.54) is 0 Å². The van der Waals surface area contributed by atoms with Crippen molar-refractivity contribution in [2.45, 2.75) is 25.6 Å². The molecule has 0 bridgehead atoms. The van der Waals surface area contributed by atoms with E-state index in [4.69, 9.17) is 26.2 Å². The molecular formula is C12H15ClO3. The van der Waals surface area contributed by atoms with Gasteiger partial charge in [-0.2, -0.15) is 0 Å². The van der Waals surface area contributed by atoms with E-state index in [0.29, 0.717) is 17.4 Å². The third-order valence-corrected chi connectivity index (χ3v) is 2.89. The van der Waals surface area contributed by atoms with Gasteiger partial charge in [0.15, 0.2) is 0 Å². The predicted molar refractivity (Wildman–Crippen MR) is 61.8 cm³/mol. The van der Waals surface area contributed by atoms with Crippen molar-refractivity contribution in [2.24, 2.45) is 0 Å². The summed E-state index contributed by atoms with van der Waals surface area (Å²) in [6, 6.07) is 5.33. The molecule has 1 fully saturated rings. The highest BCUT2D eigenvalue weighted by molar-refractivity contribution is 6.32. The molecule has 0 radical (unpaired) electrons. The Balaban J connectivity index is 2.03. The van der Waals surface area contributed by atoms with Crippen LogP contribution in [0.3, 0.4) is 0 Å². The Labute approximate surface area is 99.9 Å². The summed E-state index contributed by atoms with van der Waals surface area (Å²) in [5.41, 5.74) is 0.789. The lowest BCUT2D eigenvalue weighted by Gasteiger charge is -2.23.